The Hall–Kier alpha value is -1.02. The molecule has 0 saturated heterocycles. The largest absolute Gasteiger partial charge is 0.481 e. The van der Waals surface area contributed by atoms with Gasteiger partial charge in [-0.25, -0.2) is 0 Å². The third-order valence-electron chi connectivity index (χ3n) is 3.32. The monoisotopic (exact) mass is 238 g/mol. The van der Waals surface area contributed by atoms with Gasteiger partial charge in [-0.3, -0.25) is 4.79 Å². The van der Waals surface area contributed by atoms with E-state index in [9.17, 15) is 4.79 Å². The first-order valence-corrected chi connectivity index (χ1v) is 5.95. The molecule has 86 valence electrons. The molecular weight excluding hydrogens is 224 g/mol. The molecule has 2 rings (SSSR count). The number of benzene rings is 1. The van der Waals surface area contributed by atoms with E-state index in [-0.39, 0.29) is 11.8 Å². The summed E-state index contributed by atoms with van der Waals surface area (Å²) in [5.41, 5.74) is 2.14. The second-order valence-electron chi connectivity index (χ2n) is 4.55. The van der Waals surface area contributed by atoms with Gasteiger partial charge >= 0.3 is 5.97 Å². The molecule has 0 atom stereocenters. The molecular formula is C13H15ClO2. The molecule has 0 bridgehead atoms. The van der Waals surface area contributed by atoms with Crippen molar-refractivity contribution in [2.45, 2.75) is 38.0 Å². The lowest BCUT2D eigenvalue weighted by atomic mass is 9.91. The van der Waals surface area contributed by atoms with Crippen LogP contribution in [0.5, 0.6) is 0 Å². The predicted octanol–water partition coefficient (Wildman–Crippen LogP) is 3.41. The Kier molecular flexibility index (Phi) is 2.94. The van der Waals surface area contributed by atoms with Crippen LogP contribution in [-0.4, -0.2) is 11.1 Å². The lowest BCUT2D eigenvalue weighted by Gasteiger charge is -2.14. The molecule has 1 aliphatic carbocycles. The van der Waals surface area contributed by atoms with Crippen molar-refractivity contribution < 1.29 is 9.90 Å². The van der Waals surface area contributed by atoms with Crippen molar-refractivity contribution >= 4 is 17.6 Å². The topological polar surface area (TPSA) is 37.3 Å². The summed E-state index contributed by atoms with van der Waals surface area (Å²) in [6.45, 7) is 2.08. The fourth-order valence-corrected chi connectivity index (χ4v) is 2.43. The van der Waals surface area contributed by atoms with Crippen molar-refractivity contribution in [1.82, 2.24) is 0 Å². The number of aliphatic carboxylic acids is 1. The Morgan fingerprint density at radius 2 is 2.12 bits per heavy atom. The first-order chi connectivity index (χ1) is 7.55. The van der Waals surface area contributed by atoms with Gasteiger partial charge in [-0.05, 0) is 42.5 Å². The van der Waals surface area contributed by atoms with Gasteiger partial charge in [0.15, 0.2) is 0 Å². The smallest absolute Gasteiger partial charge is 0.304 e. The second-order valence-corrected chi connectivity index (χ2v) is 4.99. The van der Waals surface area contributed by atoms with Crippen LogP contribution in [0.2, 0.25) is 5.02 Å². The van der Waals surface area contributed by atoms with Crippen LogP contribution >= 0.6 is 11.6 Å². The van der Waals surface area contributed by atoms with Crippen molar-refractivity contribution in [3.63, 3.8) is 0 Å². The second kappa shape index (κ2) is 4.10. The minimum Gasteiger partial charge on any atom is -0.481 e. The maximum Gasteiger partial charge on any atom is 0.304 e. The zero-order valence-corrected chi connectivity index (χ0v) is 10.0. The molecule has 0 spiro atoms. The van der Waals surface area contributed by atoms with E-state index in [1.165, 1.54) is 5.56 Å². The first-order valence-electron chi connectivity index (χ1n) is 5.57. The minimum absolute atomic E-state index is 0.138. The number of hydrogen-bond acceptors (Lipinski definition) is 1. The Morgan fingerprint density at radius 1 is 1.44 bits per heavy atom. The van der Waals surface area contributed by atoms with E-state index < -0.39 is 5.97 Å². The molecule has 1 aromatic carbocycles. The van der Waals surface area contributed by atoms with E-state index in [4.69, 9.17) is 16.7 Å². The number of hydrogen-bond donors (Lipinski definition) is 1. The Morgan fingerprint density at radius 3 is 2.62 bits per heavy atom. The average molecular weight is 239 g/mol. The van der Waals surface area contributed by atoms with Gasteiger partial charge in [0.05, 0.1) is 6.42 Å². The molecule has 16 heavy (non-hydrogen) atoms. The molecule has 1 fully saturated rings. The molecule has 0 aliphatic heterocycles. The summed E-state index contributed by atoms with van der Waals surface area (Å²) in [6, 6.07) is 5.96. The van der Waals surface area contributed by atoms with Gasteiger partial charge in [0, 0.05) is 10.4 Å². The highest BCUT2D eigenvalue weighted by Gasteiger charge is 2.46. The van der Waals surface area contributed by atoms with Crippen LogP contribution in [0.15, 0.2) is 18.2 Å². The zero-order valence-electron chi connectivity index (χ0n) is 9.29. The number of rotatable bonds is 4. The number of carbonyl (C=O) groups is 1. The minimum atomic E-state index is -0.726. The maximum absolute atomic E-state index is 10.8. The Bertz CT molecular complexity index is 422. The molecule has 0 aromatic heterocycles. The summed E-state index contributed by atoms with van der Waals surface area (Å²) >= 11 is 6.05. The molecule has 1 aromatic rings. The van der Waals surface area contributed by atoms with Crippen molar-refractivity contribution in [1.29, 1.82) is 0 Å². The molecule has 3 heteroatoms. The van der Waals surface area contributed by atoms with Crippen LogP contribution in [-0.2, 0) is 16.6 Å². The third-order valence-corrected chi connectivity index (χ3v) is 3.54. The Labute approximate surface area is 100 Å². The third kappa shape index (κ3) is 2.22. The fraction of sp³-hybridized carbons (Fsp3) is 0.462. The molecule has 2 nitrogen and oxygen atoms in total. The number of halogens is 1. The van der Waals surface area contributed by atoms with Crippen molar-refractivity contribution in [3.8, 4) is 0 Å². The van der Waals surface area contributed by atoms with E-state index in [1.807, 2.05) is 12.1 Å². The fourth-order valence-electron chi connectivity index (χ4n) is 2.17. The molecule has 0 radical (unpaired) electrons. The van der Waals surface area contributed by atoms with Gasteiger partial charge in [0.2, 0.25) is 0 Å². The van der Waals surface area contributed by atoms with E-state index >= 15 is 0 Å². The van der Waals surface area contributed by atoms with Crippen LogP contribution in [0.3, 0.4) is 0 Å². The van der Waals surface area contributed by atoms with Crippen LogP contribution in [0.4, 0.5) is 0 Å². The first kappa shape index (κ1) is 11.5. The molecule has 0 unspecified atom stereocenters. The number of carboxylic acids is 1. The molecule has 1 aliphatic rings. The van der Waals surface area contributed by atoms with Crippen molar-refractivity contribution in [3.05, 3.63) is 34.3 Å². The van der Waals surface area contributed by atoms with Crippen LogP contribution in [0, 0.1) is 0 Å². The summed E-state index contributed by atoms with van der Waals surface area (Å²) in [6.07, 6.45) is 3.07. The van der Waals surface area contributed by atoms with E-state index in [1.54, 1.807) is 0 Å². The quantitative estimate of drug-likeness (QED) is 0.873. The van der Waals surface area contributed by atoms with Crippen LogP contribution in [0.25, 0.3) is 0 Å². The van der Waals surface area contributed by atoms with E-state index in [0.717, 1.165) is 24.8 Å². The lowest BCUT2D eigenvalue weighted by molar-refractivity contribution is -0.137. The molecule has 0 amide bonds. The highest BCUT2D eigenvalue weighted by Crippen LogP contribution is 2.51. The normalized spacial score (nSPS) is 17.1. The maximum atomic E-state index is 10.8. The zero-order chi connectivity index (χ0) is 11.8. The van der Waals surface area contributed by atoms with Gasteiger partial charge in [-0.2, -0.15) is 0 Å². The molecule has 0 heterocycles. The summed E-state index contributed by atoms with van der Waals surface area (Å²) in [4.78, 5) is 10.8. The highest BCUT2D eigenvalue weighted by molar-refractivity contribution is 6.30. The highest BCUT2D eigenvalue weighted by atomic mass is 35.5. The van der Waals surface area contributed by atoms with Gasteiger partial charge in [0.25, 0.3) is 0 Å². The number of carboxylic acid groups (broad SMARTS) is 1. The van der Waals surface area contributed by atoms with Gasteiger partial charge in [-0.1, -0.05) is 24.6 Å². The molecule has 1 saturated carbocycles. The van der Waals surface area contributed by atoms with Gasteiger partial charge in [0.1, 0.15) is 0 Å². The van der Waals surface area contributed by atoms with Crippen LogP contribution < -0.4 is 0 Å². The number of aryl methyl sites for hydroxylation is 1. The van der Waals surface area contributed by atoms with Crippen LogP contribution in [0.1, 0.15) is 37.3 Å². The average Bonchev–Trinajstić information content (AvgIpc) is 2.97. The van der Waals surface area contributed by atoms with Gasteiger partial charge in [-0.15, -0.1) is 0 Å². The summed E-state index contributed by atoms with van der Waals surface area (Å²) in [5.74, 6) is -0.726. The van der Waals surface area contributed by atoms with Crippen molar-refractivity contribution in [2.24, 2.45) is 0 Å². The predicted molar refractivity (Wildman–Crippen MR) is 64.0 cm³/mol. The van der Waals surface area contributed by atoms with E-state index in [2.05, 4.69) is 13.0 Å². The summed E-state index contributed by atoms with van der Waals surface area (Å²) in [7, 11) is 0. The van der Waals surface area contributed by atoms with E-state index in [0.29, 0.717) is 5.02 Å². The SMILES string of the molecule is CCc1cc(Cl)cc(C2(CC(=O)O)CC2)c1. The standard InChI is InChI=1S/C13H15ClO2/c1-2-9-5-10(7-11(14)6-9)13(3-4-13)8-12(15)16/h5-7H,2-4,8H2,1H3,(H,15,16). The summed E-state index contributed by atoms with van der Waals surface area (Å²) in [5, 5.41) is 9.63. The van der Waals surface area contributed by atoms with Gasteiger partial charge < -0.3 is 5.11 Å². The lowest BCUT2D eigenvalue weighted by Crippen LogP contribution is -2.13. The molecule has 1 N–H and O–H groups in total. The summed E-state index contributed by atoms with van der Waals surface area (Å²) < 4.78 is 0. The Balaban J connectivity index is 2.33. The van der Waals surface area contributed by atoms with Crippen molar-refractivity contribution in [2.75, 3.05) is 0 Å².